The van der Waals surface area contributed by atoms with Gasteiger partial charge in [0.25, 0.3) is 0 Å². The van der Waals surface area contributed by atoms with E-state index in [4.69, 9.17) is 47.1 Å². The Morgan fingerprint density at radius 2 is 1.16 bits per heavy atom. The molecule has 4 aromatic rings. The summed E-state index contributed by atoms with van der Waals surface area (Å²) in [6, 6.07) is 11.6. The predicted octanol–water partition coefficient (Wildman–Crippen LogP) is 11.5. The largest absolute Gasteiger partial charge is 0.444 e. The second-order valence-corrected chi connectivity index (χ2v) is 14.7. The molecule has 14 nitrogen and oxygen atoms in total. The number of aromatic nitrogens is 4. The van der Waals surface area contributed by atoms with Gasteiger partial charge in [0.15, 0.2) is 0 Å². The molecule has 7 N–H and O–H groups in total. The van der Waals surface area contributed by atoms with Crippen LogP contribution >= 0.6 is 0 Å². The van der Waals surface area contributed by atoms with Gasteiger partial charge in [-0.2, -0.15) is 9.97 Å². The Labute approximate surface area is 400 Å². The zero-order valence-corrected chi connectivity index (χ0v) is 39.6. The van der Waals surface area contributed by atoms with Crippen molar-refractivity contribution in [1.82, 2.24) is 30.2 Å². The Hall–Kier alpha value is -7.15. The summed E-state index contributed by atoms with van der Waals surface area (Å²) < 4.78 is 96.0. The van der Waals surface area contributed by atoms with Gasteiger partial charge in [-0.3, -0.25) is 14.4 Å². The quantitative estimate of drug-likeness (QED) is 0.0335. The van der Waals surface area contributed by atoms with Crippen LogP contribution in [0.2, 0.25) is 0 Å². The molecule has 0 aliphatic carbocycles. The second-order valence-electron chi connectivity index (χ2n) is 14.7. The topological polar surface area (TPSA) is 184 Å². The minimum atomic E-state index is -0.662. The molecule has 1 atom stereocenters. The van der Waals surface area contributed by atoms with Crippen LogP contribution in [-0.2, 0) is 9.53 Å². The molecule has 0 saturated carbocycles. The number of ether oxygens (including phenoxy) is 1. The molecule has 0 aliphatic heterocycles. The fourth-order valence-electron chi connectivity index (χ4n) is 4.92. The first-order valence-electron chi connectivity index (χ1n) is 21.0. The number of rotatable bonds is 17. The van der Waals surface area contributed by atoms with Gasteiger partial charge in [0.1, 0.15) is 34.9 Å². The van der Waals surface area contributed by atoms with E-state index in [0.29, 0.717) is 72.9 Å². The van der Waals surface area contributed by atoms with E-state index < -0.39 is 17.7 Å². The summed E-state index contributed by atoms with van der Waals surface area (Å²) in [5, 5.41) is 15.3. The Morgan fingerprint density at radius 3 is 1.54 bits per heavy atom. The summed E-state index contributed by atoms with van der Waals surface area (Å²) in [5.74, 6) is 13.4. The van der Waals surface area contributed by atoms with Crippen molar-refractivity contribution >= 4 is 46.9 Å². The number of hydrogen-bond donors (Lipinski definition) is 6. The van der Waals surface area contributed by atoms with E-state index >= 15 is 0 Å². The van der Waals surface area contributed by atoms with Gasteiger partial charge in [-0.1, -0.05) is 49.7 Å². The van der Waals surface area contributed by atoms with Gasteiger partial charge in [0, 0.05) is 87.5 Å². The number of benzene rings is 2. The van der Waals surface area contributed by atoms with Gasteiger partial charge in [0.2, 0.25) is 17.8 Å². The highest BCUT2D eigenvalue weighted by atomic mass is 20.0. The molecule has 0 saturated heterocycles. The SMILES string of the molecule is CCCNc1nc(Nc2cccc(F)c2)ncc1C#CCCCN.CCCNc1nc(Nc2cccc(F)c2)ncc1C#CCCCNC(=O)[C@H](C)N(C)C(=O)OC(C)(C)C.F.FF.FF.FF.FF. The number of likely N-dealkylation sites (N-methyl/N-ethyl adjacent to an activating group) is 1. The van der Waals surface area contributed by atoms with Crippen molar-refractivity contribution in [2.24, 2.45) is 5.73 Å². The summed E-state index contributed by atoms with van der Waals surface area (Å²) in [7, 11) is 1.54. The third kappa shape index (κ3) is 28.9. The molecule has 2 aromatic carbocycles. The molecule has 0 bridgehead atoms. The highest BCUT2D eigenvalue weighted by Crippen LogP contribution is 2.20. The van der Waals surface area contributed by atoms with Crippen LogP contribution in [0.15, 0.2) is 60.9 Å². The molecule has 0 fully saturated rings. The Kier molecular flexibility index (Phi) is 39.2. The number of anilines is 6. The summed E-state index contributed by atoms with van der Waals surface area (Å²) in [5.41, 5.74) is 7.37. The van der Waals surface area contributed by atoms with Crippen LogP contribution in [0, 0.1) is 35.3 Å². The van der Waals surface area contributed by atoms with Crippen LogP contribution in [-0.4, -0.2) is 81.7 Å². The van der Waals surface area contributed by atoms with E-state index in [1.54, 1.807) is 64.4 Å². The number of nitrogens with two attached hydrogens (primary N) is 1. The van der Waals surface area contributed by atoms with Crippen molar-refractivity contribution in [2.45, 2.75) is 91.7 Å². The smallest absolute Gasteiger partial charge is 0.410 e. The molecule has 70 heavy (non-hydrogen) atoms. The predicted molar refractivity (Wildman–Crippen MR) is 250 cm³/mol. The lowest BCUT2D eigenvalue weighted by Gasteiger charge is -2.28. The Morgan fingerprint density at radius 1 is 0.729 bits per heavy atom. The molecule has 0 spiro atoms. The number of unbranched alkanes of at least 4 members (excludes halogenated alkanes) is 2. The lowest BCUT2D eigenvalue weighted by molar-refractivity contribution is -0.125. The van der Waals surface area contributed by atoms with Gasteiger partial charge in [-0.25, -0.2) is 23.5 Å². The monoisotopic (exact) mass is 1010 g/mol. The van der Waals surface area contributed by atoms with Gasteiger partial charge in [0.05, 0.1) is 23.5 Å². The highest BCUT2D eigenvalue weighted by molar-refractivity contribution is 5.85. The average molecular weight is 1010 g/mol. The fourth-order valence-corrected chi connectivity index (χ4v) is 4.92. The molecule has 0 aliphatic rings. The standard InChI is InChI=1S/C27H37FN6O3.C18H22FN5.4F2.FH/c1-7-15-29-23-20(18-31-25(33-23)32-22-14-11-13-21(28)17-22)12-9-8-10-16-30-24(35)19(2)34(6)26(36)37-27(3,4)5;1-2-11-21-17-14(7-4-3-5-10-20)13-22-18(24-17)23-16-9-6-8-15(19)12-16;4*1-2;/h11,13-14,17-19H,7-8,10,15-16H2,1-6H3,(H,30,35)(H2,29,31,32,33);6,8-9,12-13H,2-3,5,10-11,20H2,1H3,(H2,21,22,23,24);;;;;1H/t19-;;;;;;/m0....../s1. The van der Waals surface area contributed by atoms with Crippen molar-refractivity contribution in [3.05, 3.63) is 83.7 Å². The van der Waals surface area contributed by atoms with E-state index in [9.17, 15) is 18.4 Å². The number of nitrogens with zero attached hydrogens (tertiary/aromatic N) is 5. The first-order valence-corrected chi connectivity index (χ1v) is 21.0. The van der Waals surface area contributed by atoms with Crippen molar-refractivity contribution in [3.63, 3.8) is 0 Å². The summed E-state index contributed by atoms with van der Waals surface area (Å²) in [6.07, 6.45) is 7.41. The molecule has 390 valence electrons. The maximum Gasteiger partial charge on any atom is 0.410 e. The Balaban J connectivity index is -0.00000118. The third-order valence-electron chi connectivity index (χ3n) is 8.20. The van der Waals surface area contributed by atoms with E-state index in [2.05, 4.69) is 77.1 Å². The van der Waals surface area contributed by atoms with E-state index in [0.717, 1.165) is 37.8 Å². The molecule has 2 amide bonds. The second kappa shape index (κ2) is 40.9. The van der Waals surface area contributed by atoms with Crippen molar-refractivity contribution < 1.29 is 64.4 Å². The van der Waals surface area contributed by atoms with Gasteiger partial charge in [-0.05, 0) is 96.3 Å². The number of halogens is 11. The summed E-state index contributed by atoms with van der Waals surface area (Å²) in [4.78, 5) is 43.3. The van der Waals surface area contributed by atoms with Crippen molar-refractivity contribution in [2.75, 3.05) is 54.5 Å². The van der Waals surface area contributed by atoms with Crippen molar-refractivity contribution in [3.8, 4) is 23.7 Å². The zero-order chi connectivity index (χ0) is 52.6. The minimum absolute atomic E-state index is 0. The summed E-state index contributed by atoms with van der Waals surface area (Å²) >= 11 is 0. The van der Waals surface area contributed by atoms with Crippen LogP contribution in [0.5, 0.6) is 0 Å². The summed E-state index contributed by atoms with van der Waals surface area (Å²) in [6.45, 7) is 13.7. The molecular weight excluding hydrogens is 952 g/mol. The number of amides is 2. The Bertz CT molecular complexity index is 2170. The molecular formula is C45H60F11N11O3. The van der Waals surface area contributed by atoms with E-state index in [-0.39, 0.29) is 22.2 Å². The number of carbonyl (C=O) groups is 2. The average Bonchev–Trinajstić information content (AvgIpc) is 3.35. The number of hydrogen-bond acceptors (Lipinski definition) is 12. The van der Waals surface area contributed by atoms with E-state index in [1.807, 2.05) is 6.92 Å². The zero-order valence-electron chi connectivity index (χ0n) is 39.6. The van der Waals surface area contributed by atoms with Crippen LogP contribution in [0.1, 0.15) is 91.2 Å². The van der Waals surface area contributed by atoms with Gasteiger partial charge < -0.3 is 37.1 Å². The first-order chi connectivity index (χ1) is 33.2. The maximum absolute atomic E-state index is 13.5. The molecule has 0 unspecified atom stereocenters. The number of carbonyl (C=O) groups excluding carboxylic acids is 2. The molecule has 2 heterocycles. The maximum atomic E-state index is 13.5. The lowest BCUT2D eigenvalue weighted by atomic mass is 10.2. The van der Waals surface area contributed by atoms with Crippen molar-refractivity contribution in [1.29, 1.82) is 0 Å². The molecule has 0 radical (unpaired) electrons. The minimum Gasteiger partial charge on any atom is -0.444 e. The van der Waals surface area contributed by atoms with Gasteiger partial charge in [-0.15, -0.1) is 0 Å². The van der Waals surface area contributed by atoms with Crippen LogP contribution in [0.25, 0.3) is 0 Å². The fraction of sp³-hybridized carbons (Fsp3) is 0.422. The normalized spacial score (nSPS) is 9.86. The molecule has 2 aromatic heterocycles. The highest BCUT2D eigenvalue weighted by Gasteiger charge is 2.26. The van der Waals surface area contributed by atoms with Crippen LogP contribution in [0.3, 0.4) is 0 Å². The lowest BCUT2D eigenvalue weighted by Crippen LogP contribution is -2.47. The number of nitrogens with one attached hydrogen (secondary N) is 5. The van der Waals surface area contributed by atoms with Gasteiger partial charge >= 0.3 is 6.09 Å². The third-order valence-corrected chi connectivity index (χ3v) is 8.20. The van der Waals surface area contributed by atoms with Crippen LogP contribution in [0.4, 0.5) is 89.8 Å². The van der Waals surface area contributed by atoms with E-state index in [1.165, 1.54) is 36.2 Å². The first kappa shape index (κ1) is 67.1. The van der Waals surface area contributed by atoms with Crippen LogP contribution < -0.4 is 32.3 Å². The molecule has 4 rings (SSSR count). The molecule has 25 heteroatoms.